The van der Waals surface area contributed by atoms with E-state index >= 15 is 0 Å². The van der Waals surface area contributed by atoms with E-state index < -0.39 is 0 Å². The number of anilines is 1. The number of halogens is 1. The highest BCUT2D eigenvalue weighted by molar-refractivity contribution is 5.85. The number of nitrogens with zero attached hydrogens (tertiary/aromatic N) is 1. The van der Waals surface area contributed by atoms with Gasteiger partial charge < -0.3 is 19.7 Å². The Hall–Kier alpha value is -0.970. The van der Waals surface area contributed by atoms with Gasteiger partial charge in [0.25, 0.3) is 0 Å². The van der Waals surface area contributed by atoms with Crippen molar-refractivity contribution in [3.63, 3.8) is 0 Å². The Bertz CT molecular complexity index is 359. The second kappa shape index (κ2) is 8.25. The molecule has 2 rings (SSSR count). The molecule has 1 aromatic carbocycles. The summed E-state index contributed by atoms with van der Waals surface area (Å²) in [5, 5.41) is 3.45. The minimum absolute atomic E-state index is 0. The Labute approximate surface area is 121 Å². The van der Waals surface area contributed by atoms with Gasteiger partial charge >= 0.3 is 0 Å². The first-order valence-electron chi connectivity index (χ1n) is 6.49. The maximum absolute atomic E-state index is 5.55. The molecule has 1 N–H and O–H groups in total. The summed E-state index contributed by atoms with van der Waals surface area (Å²) in [4.78, 5) is 2.40. The zero-order chi connectivity index (χ0) is 12.8. The molecule has 0 radical (unpaired) electrons. The van der Waals surface area contributed by atoms with E-state index in [1.54, 1.807) is 7.11 Å². The first-order valence-corrected chi connectivity index (χ1v) is 6.49. The molecule has 1 saturated heterocycles. The molecule has 108 valence electrons. The fourth-order valence-corrected chi connectivity index (χ4v) is 2.16. The lowest BCUT2D eigenvalue weighted by atomic mass is 10.2. The number of benzene rings is 1. The number of piperazine rings is 1. The normalized spacial score (nSPS) is 18.8. The Morgan fingerprint density at radius 2 is 2.00 bits per heavy atom. The van der Waals surface area contributed by atoms with Crippen LogP contribution in [0.3, 0.4) is 0 Å². The topological polar surface area (TPSA) is 33.7 Å². The molecule has 5 heteroatoms. The molecule has 19 heavy (non-hydrogen) atoms. The smallest absolute Gasteiger partial charge is 0.119 e. The summed E-state index contributed by atoms with van der Waals surface area (Å²) < 4.78 is 10.5. The molecule has 0 aromatic heterocycles. The van der Waals surface area contributed by atoms with Crippen LogP contribution in [0.2, 0.25) is 0 Å². The van der Waals surface area contributed by atoms with Crippen molar-refractivity contribution in [1.82, 2.24) is 5.32 Å². The number of hydrogen-bond donors (Lipinski definition) is 1. The van der Waals surface area contributed by atoms with Gasteiger partial charge in [-0.2, -0.15) is 0 Å². The van der Waals surface area contributed by atoms with Gasteiger partial charge in [0.1, 0.15) is 12.4 Å². The van der Waals surface area contributed by atoms with Gasteiger partial charge in [0.15, 0.2) is 0 Å². The maximum Gasteiger partial charge on any atom is 0.119 e. The van der Waals surface area contributed by atoms with Crippen LogP contribution in [0.4, 0.5) is 5.69 Å². The van der Waals surface area contributed by atoms with E-state index in [1.165, 1.54) is 5.69 Å². The van der Waals surface area contributed by atoms with Gasteiger partial charge in [-0.1, -0.05) is 0 Å². The summed E-state index contributed by atoms with van der Waals surface area (Å²) in [7, 11) is 1.68. The summed E-state index contributed by atoms with van der Waals surface area (Å²) in [6.45, 7) is 6.61. The lowest BCUT2D eigenvalue weighted by Gasteiger charge is -2.33. The zero-order valence-corrected chi connectivity index (χ0v) is 12.4. The van der Waals surface area contributed by atoms with Gasteiger partial charge in [-0.25, -0.2) is 0 Å². The highest BCUT2D eigenvalue weighted by Gasteiger charge is 2.15. The first-order chi connectivity index (χ1) is 8.79. The van der Waals surface area contributed by atoms with Gasteiger partial charge in [-0.15, -0.1) is 12.4 Å². The van der Waals surface area contributed by atoms with Crippen molar-refractivity contribution in [2.24, 2.45) is 0 Å². The van der Waals surface area contributed by atoms with Crippen LogP contribution in [0.5, 0.6) is 5.75 Å². The molecule has 0 bridgehead atoms. The second-order valence-corrected chi connectivity index (χ2v) is 4.64. The van der Waals surface area contributed by atoms with Crippen molar-refractivity contribution in [2.45, 2.75) is 13.0 Å². The van der Waals surface area contributed by atoms with Crippen LogP contribution in [-0.2, 0) is 4.74 Å². The fraction of sp³-hybridized carbons (Fsp3) is 0.571. The quantitative estimate of drug-likeness (QED) is 0.839. The van der Waals surface area contributed by atoms with E-state index in [1.807, 2.05) is 12.1 Å². The lowest BCUT2D eigenvalue weighted by Crippen LogP contribution is -2.49. The van der Waals surface area contributed by atoms with Crippen molar-refractivity contribution in [3.8, 4) is 5.75 Å². The van der Waals surface area contributed by atoms with Gasteiger partial charge in [-0.05, 0) is 31.2 Å². The van der Waals surface area contributed by atoms with E-state index in [2.05, 4.69) is 29.3 Å². The Morgan fingerprint density at radius 1 is 1.26 bits per heavy atom. The minimum Gasteiger partial charge on any atom is -0.491 e. The fourth-order valence-electron chi connectivity index (χ4n) is 2.16. The molecule has 0 saturated carbocycles. The largest absolute Gasteiger partial charge is 0.491 e. The Morgan fingerprint density at radius 3 is 2.63 bits per heavy atom. The van der Waals surface area contributed by atoms with Crippen LogP contribution < -0.4 is 15.0 Å². The average molecular weight is 287 g/mol. The third-order valence-corrected chi connectivity index (χ3v) is 3.13. The van der Waals surface area contributed by atoms with Crippen LogP contribution in [0, 0.1) is 0 Å². The standard InChI is InChI=1S/C14H22N2O2.ClH/c1-12-11-16(8-7-15-12)13-3-5-14(6-4-13)18-10-9-17-2;/h3-6,12,15H,7-11H2,1-2H3;1H. The molecule has 1 aromatic rings. The SMILES string of the molecule is COCCOc1ccc(N2CCNC(C)C2)cc1.Cl. The van der Waals surface area contributed by atoms with E-state index in [9.17, 15) is 0 Å². The van der Waals surface area contributed by atoms with E-state index in [-0.39, 0.29) is 12.4 Å². The Balaban J connectivity index is 0.00000180. The van der Waals surface area contributed by atoms with Crippen molar-refractivity contribution in [2.75, 3.05) is 44.9 Å². The molecule has 4 nitrogen and oxygen atoms in total. The predicted molar refractivity (Wildman–Crippen MR) is 80.7 cm³/mol. The van der Waals surface area contributed by atoms with E-state index in [0.29, 0.717) is 19.3 Å². The summed E-state index contributed by atoms with van der Waals surface area (Å²) in [5.41, 5.74) is 1.27. The summed E-state index contributed by atoms with van der Waals surface area (Å²) >= 11 is 0. The minimum atomic E-state index is 0. The van der Waals surface area contributed by atoms with Gasteiger partial charge in [0, 0.05) is 38.5 Å². The predicted octanol–water partition coefficient (Wildman–Crippen LogP) is 1.93. The van der Waals surface area contributed by atoms with Crippen LogP contribution in [0.25, 0.3) is 0 Å². The monoisotopic (exact) mass is 286 g/mol. The number of hydrogen-bond acceptors (Lipinski definition) is 4. The molecule has 0 spiro atoms. The highest BCUT2D eigenvalue weighted by Crippen LogP contribution is 2.20. The van der Waals surface area contributed by atoms with E-state index in [4.69, 9.17) is 9.47 Å². The molecule has 1 unspecified atom stereocenters. The highest BCUT2D eigenvalue weighted by atomic mass is 35.5. The summed E-state index contributed by atoms with van der Waals surface area (Å²) in [6, 6.07) is 8.85. The van der Waals surface area contributed by atoms with Crippen molar-refractivity contribution < 1.29 is 9.47 Å². The number of methoxy groups -OCH3 is 1. The summed E-state index contributed by atoms with van der Waals surface area (Å²) in [6.07, 6.45) is 0. The molecule has 1 atom stereocenters. The summed E-state index contributed by atoms with van der Waals surface area (Å²) in [5.74, 6) is 0.902. The van der Waals surface area contributed by atoms with Crippen molar-refractivity contribution >= 4 is 18.1 Å². The molecule has 0 amide bonds. The van der Waals surface area contributed by atoms with Crippen molar-refractivity contribution in [1.29, 1.82) is 0 Å². The molecule has 1 heterocycles. The van der Waals surface area contributed by atoms with Crippen LogP contribution in [0.15, 0.2) is 24.3 Å². The molecular formula is C14H23ClN2O2. The number of ether oxygens (including phenoxy) is 2. The third-order valence-electron chi connectivity index (χ3n) is 3.13. The Kier molecular flexibility index (Phi) is 6.99. The van der Waals surface area contributed by atoms with Crippen LogP contribution >= 0.6 is 12.4 Å². The van der Waals surface area contributed by atoms with Crippen LogP contribution in [-0.4, -0.2) is 46.0 Å². The van der Waals surface area contributed by atoms with Crippen molar-refractivity contribution in [3.05, 3.63) is 24.3 Å². The van der Waals surface area contributed by atoms with Gasteiger partial charge in [0.05, 0.1) is 6.61 Å². The number of nitrogens with one attached hydrogen (secondary N) is 1. The molecule has 1 aliphatic heterocycles. The first kappa shape index (κ1) is 16.1. The van der Waals surface area contributed by atoms with Crippen LogP contribution in [0.1, 0.15) is 6.92 Å². The second-order valence-electron chi connectivity index (χ2n) is 4.64. The maximum atomic E-state index is 5.55. The molecular weight excluding hydrogens is 264 g/mol. The van der Waals surface area contributed by atoms with E-state index in [0.717, 1.165) is 25.4 Å². The van der Waals surface area contributed by atoms with Gasteiger partial charge in [-0.3, -0.25) is 0 Å². The number of rotatable bonds is 5. The third kappa shape index (κ3) is 4.90. The lowest BCUT2D eigenvalue weighted by molar-refractivity contribution is 0.146. The molecule has 1 aliphatic rings. The molecule has 1 fully saturated rings. The average Bonchev–Trinajstić information content (AvgIpc) is 2.40. The zero-order valence-electron chi connectivity index (χ0n) is 11.6. The molecule has 0 aliphatic carbocycles. The van der Waals surface area contributed by atoms with Gasteiger partial charge in [0.2, 0.25) is 0 Å².